The SMILES string of the molecule is CC(C)CC(C)(C)N=C(Nc1ccncc1)Nc1nccs1. The van der Waals surface area contributed by atoms with Gasteiger partial charge in [-0.2, -0.15) is 0 Å². The molecule has 2 N–H and O–H groups in total. The highest BCUT2D eigenvalue weighted by Gasteiger charge is 2.19. The van der Waals surface area contributed by atoms with E-state index >= 15 is 0 Å². The maximum atomic E-state index is 4.86. The molecule has 2 aromatic heterocycles. The molecule has 2 heterocycles. The van der Waals surface area contributed by atoms with Gasteiger partial charge in [0.25, 0.3) is 0 Å². The molecule has 0 saturated heterocycles. The molecule has 0 fully saturated rings. The molecule has 0 saturated carbocycles. The molecule has 5 nitrogen and oxygen atoms in total. The number of nitrogens with one attached hydrogen (secondary N) is 2. The molecule has 0 aromatic carbocycles. The number of aliphatic imine (C=N–C) groups is 1. The summed E-state index contributed by atoms with van der Waals surface area (Å²) in [6.45, 7) is 8.71. The molecular formula is C16H23N5S. The van der Waals surface area contributed by atoms with Crippen molar-refractivity contribution < 1.29 is 0 Å². The Morgan fingerprint density at radius 2 is 1.95 bits per heavy atom. The Hall–Kier alpha value is -1.95. The first kappa shape index (κ1) is 16.4. The van der Waals surface area contributed by atoms with Gasteiger partial charge in [0.15, 0.2) is 5.13 Å². The van der Waals surface area contributed by atoms with Crippen LogP contribution in [0.25, 0.3) is 0 Å². The third-order valence-electron chi connectivity index (χ3n) is 2.92. The van der Waals surface area contributed by atoms with Crippen LogP contribution in [0.3, 0.4) is 0 Å². The lowest BCUT2D eigenvalue weighted by molar-refractivity contribution is 0.403. The van der Waals surface area contributed by atoms with Crippen LogP contribution in [0.5, 0.6) is 0 Å². The number of hydrogen-bond acceptors (Lipinski definition) is 4. The summed E-state index contributed by atoms with van der Waals surface area (Å²) in [5.41, 5.74) is 0.784. The van der Waals surface area contributed by atoms with Crippen LogP contribution in [0.2, 0.25) is 0 Å². The first-order valence-electron chi connectivity index (χ1n) is 7.38. The quantitative estimate of drug-likeness (QED) is 0.639. The first-order valence-corrected chi connectivity index (χ1v) is 8.26. The summed E-state index contributed by atoms with van der Waals surface area (Å²) in [5, 5.41) is 9.33. The highest BCUT2D eigenvalue weighted by molar-refractivity contribution is 7.13. The lowest BCUT2D eigenvalue weighted by Crippen LogP contribution is -2.29. The average molecular weight is 317 g/mol. The Morgan fingerprint density at radius 3 is 2.55 bits per heavy atom. The van der Waals surface area contributed by atoms with Crippen molar-refractivity contribution >= 4 is 28.1 Å². The number of thiazole rings is 1. The first-order chi connectivity index (χ1) is 10.4. The summed E-state index contributed by atoms with van der Waals surface area (Å²) in [4.78, 5) is 13.2. The Labute approximate surface area is 135 Å². The van der Waals surface area contributed by atoms with Gasteiger partial charge in [-0.3, -0.25) is 4.98 Å². The van der Waals surface area contributed by atoms with E-state index in [0.717, 1.165) is 17.2 Å². The second-order valence-corrected chi connectivity index (χ2v) is 7.09. The number of hydrogen-bond donors (Lipinski definition) is 2. The van der Waals surface area contributed by atoms with Crippen molar-refractivity contribution in [3.05, 3.63) is 36.1 Å². The van der Waals surface area contributed by atoms with Crippen molar-refractivity contribution in [2.75, 3.05) is 10.6 Å². The second-order valence-electron chi connectivity index (χ2n) is 6.19. The molecule has 0 aliphatic heterocycles. The smallest absolute Gasteiger partial charge is 0.202 e. The summed E-state index contributed by atoms with van der Waals surface area (Å²) in [5.74, 6) is 1.28. The van der Waals surface area contributed by atoms with E-state index in [9.17, 15) is 0 Å². The van der Waals surface area contributed by atoms with Gasteiger partial charge in [0, 0.05) is 29.7 Å². The van der Waals surface area contributed by atoms with Crippen LogP contribution in [-0.2, 0) is 0 Å². The van der Waals surface area contributed by atoms with Crippen LogP contribution in [-0.4, -0.2) is 21.5 Å². The molecule has 0 aliphatic rings. The fourth-order valence-electron chi connectivity index (χ4n) is 2.39. The molecule has 2 aromatic rings. The third kappa shape index (κ3) is 5.44. The summed E-state index contributed by atoms with van der Waals surface area (Å²) in [6, 6.07) is 3.82. The summed E-state index contributed by atoms with van der Waals surface area (Å²) in [7, 11) is 0. The minimum atomic E-state index is -0.159. The van der Waals surface area contributed by atoms with Crippen molar-refractivity contribution in [3.63, 3.8) is 0 Å². The zero-order chi connectivity index (χ0) is 16.0. The molecule has 0 radical (unpaired) electrons. The molecule has 118 valence electrons. The summed E-state index contributed by atoms with van der Waals surface area (Å²) >= 11 is 1.55. The van der Waals surface area contributed by atoms with Crippen LogP contribution < -0.4 is 10.6 Å². The molecule has 6 heteroatoms. The molecule has 0 bridgehead atoms. The van der Waals surface area contributed by atoms with Crippen LogP contribution in [0.1, 0.15) is 34.1 Å². The van der Waals surface area contributed by atoms with E-state index in [4.69, 9.17) is 4.99 Å². The van der Waals surface area contributed by atoms with E-state index in [1.165, 1.54) is 0 Å². The third-order valence-corrected chi connectivity index (χ3v) is 3.61. The van der Waals surface area contributed by atoms with Gasteiger partial charge in [-0.1, -0.05) is 13.8 Å². The molecule has 0 spiro atoms. The normalized spacial score (nSPS) is 12.5. The summed E-state index contributed by atoms with van der Waals surface area (Å²) in [6.07, 6.45) is 6.29. The van der Waals surface area contributed by atoms with Gasteiger partial charge in [-0.05, 0) is 38.3 Å². The average Bonchev–Trinajstić information content (AvgIpc) is 2.90. The molecule has 22 heavy (non-hydrogen) atoms. The van der Waals surface area contributed by atoms with Gasteiger partial charge in [0.1, 0.15) is 0 Å². The number of aromatic nitrogens is 2. The van der Waals surface area contributed by atoms with Gasteiger partial charge in [-0.25, -0.2) is 9.98 Å². The van der Waals surface area contributed by atoms with Gasteiger partial charge < -0.3 is 10.6 Å². The number of rotatable bonds is 5. The lowest BCUT2D eigenvalue weighted by atomic mass is 9.93. The van der Waals surface area contributed by atoms with Gasteiger partial charge in [0.05, 0.1) is 5.54 Å². The van der Waals surface area contributed by atoms with Gasteiger partial charge in [-0.15, -0.1) is 11.3 Å². The van der Waals surface area contributed by atoms with E-state index in [0.29, 0.717) is 11.9 Å². The molecule has 2 rings (SSSR count). The Morgan fingerprint density at radius 1 is 1.23 bits per heavy atom. The maximum absolute atomic E-state index is 4.86. The Bertz CT molecular complexity index is 590. The van der Waals surface area contributed by atoms with Crippen molar-refractivity contribution in [1.29, 1.82) is 0 Å². The number of nitrogens with zero attached hydrogens (tertiary/aromatic N) is 3. The Balaban J connectivity index is 2.20. The van der Waals surface area contributed by atoms with Crippen LogP contribution in [0, 0.1) is 5.92 Å². The van der Waals surface area contributed by atoms with Crippen LogP contribution in [0.15, 0.2) is 41.1 Å². The van der Waals surface area contributed by atoms with Gasteiger partial charge in [0.2, 0.25) is 5.96 Å². The fraction of sp³-hybridized carbons (Fsp3) is 0.438. The minimum absolute atomic E-state index is 0.159. The predicted molar refractivity (Wildman–Crippen MR) is 94.6 cm³/mol. The number of anilines is 2. The predicted octanol–water partition coefficient (Wildman–Crippen LogP) is 4.24. The van der Waals surface area contributed by atoms with Crippen LogP contribution >= 0.6 is 11.3 Å². The molecule has 0 atom stereocenters. The molecule has 0 amide bonds. The monoisotopic (exact) mass is 317 g/mol. The molecular weight excluding hydrogens is 294 g/mol. The maximum Gasteiger partial charge on any atom is 0.202 e. The van der Waals surface area contributed by atoms with E-state index < -0.39 is 0 Å². The van der Waals surface area contributed by atoms with E-state index in [1.807, 2.05) is 17.5 Å². The summed E-state index contributed by atoms with van der Waals surface area (Å²) < 4.78 is 0. The minimum Gasteiger partial charge on any atom is -0.326 e. The highest BCUT2D eigenvalue weighted by Crippen LogP contribution is 2.21. The topological polar surface area (TPSA) is 62.2 Å². The van der Waals surface area contributed by atoms with Gasteiger partial charge >= 0.3 is 0 Å². The zero-order valence-corrected chi connectivity index (χ0v) is 14.3. The van der Waals surface area contributed by atoms with E-state index in [2.05, 4.69) is 48.3 Å². The largest absolute Gasteiger partial charge is 0.326 e. The van der Waals surface area contributed by atoms with E-state index in [-0.39, 0.29) is 5.54 Å². The lowest BCUT2D eigenvalue weighted by Gasteiger charge is -2.24. The van der Waals surface area contributed by atoms with Crippen molar-refractivity contribution in [2.45, 2.75) is 39.7 Å². The van der Waals surface area contributed by atoms with Crippen molar-refractivity contribution in [2.24, 2.45) is 10.9 Å². The number of pyridine rings is 1. The molecule has 0 unspecified atom stereocenters. The standard InChI is InChI=1S/C16H23N5S/c1-12(2)11-16(3,4)21-14(20-15-18-9-10-22-15)19-13-5-7-17-8-6-13/h5-10,12H,11H2,1-4H3,(H2,17,18,19,20,21). The van der Waals surface area contributed by atoms with E-state index in [1.54, 1.807) is 29.9 Å². The van der Waals surface area contributed by atoms with Crippen LogP contribution in [0.4, 0.5) is 10.8 Å². The van der Waals surface area contributed by atoms with Crippen molar-refractivity contribution in [3.8, 4) is 0 Å². The Kier molecular flexibility index (Phi) is 5.49. The zero-order valence-electron chi connectivity index (χ0n) is 13.5. The second kappa shape index (κ2) is 7.35. The molecule has 0 aliphatic carbocycles. The number of guanidine groups is 1. The fourth-order valence-corrected chi connectivity index (χ4v) is 2.92. The van der Waals surface area contributed by atoms with Crippen molar-refractivity contribution in [1.82, 2.24) is 9.97 Å². The highest BCUT2D eigenvalue weighted by atomic mass is 32.1.